The van der Waals surface area contributed by atoms with Crippen LogP contribution >= 0.6 is 0 Å². The van der Waals surface area contributed by atoms with Crippen LogP contribution in [0.25, 0.3) is 11.4 Å². The molecule has 1 aromatic heterocycles. The fourth-order valence-corrected chi connectivity index (χ4v) is 2.32. The summed E-state index contributed by atoms with van der Waals surface area (Å²) in [6.07, 6.45) is -0.199. The molecule has 0 aliphatic carbocycles. The van der Waals surface area contributed by atoms with Crippen molar-refractivity contribution >= 4 is 5.97 Å². The Kier molecular flexibility index (Phi) is 5.75. The summed E-state index contributed by atoms with van der Waals surface area (Å²) < 4.78 is 24.1. The molecule has 0 amide bonds. The Morgan fingerprint density at radius 2 is 2.00 bits per heavy atom. The summed E-state index contributed by atoms with van der Waals surface area (Å²) >= 11 is 0. The largest absolute Gasteiger partial charge is 0.489 e. The van der Waals surface area contributed by atoms with Crippen molar-refractivity contribution in [2.75, 3.05) is 6.61 Å². The molecule has 1 heterocycles. The third-order valence-electron chi connectivity index (χ3n) is 3.54. The van der Waals surface area contributed by atoms with Crippen molar-refractivity contribution in [3.63, 3.8) is 0 Å². The molecule has 0 saturated heterocycles. The van der Waals surface area contributed by atoms with E-state index in [0.29, 0.717) is 23.5 Å². The number of esters is 1. The van der Waals surface area contributed by atoms with Crippen LogP contribution < -0.4 is 4.74 Å². The van der Waals surface area contributed by atoms with E-state index in [-0.39, 0.29) is 18.5 Å². The first-order valence-corrected chi connectivity index (χ1v) is 8.49. The van der Waals surface area contributed by atoms with Gasteiger partial charge in [0.15, 0.2) is 11.6 Å². The molecule has 0 bridgehead atoms. The van der Waals surface area contributed by atoms with Gasteiger partial charge in [-0.05, 0) is 43.3 Å². The molecule has 7 nitrogen and oxygen atoms in total. The van der Waals surface area contributed by atoms with Crippen LogP contribution in [0.2, 0.25) is 0 Å². The second kappa shape index (κ2) is 8.39. The topological polar surface area (TPSA) is 79.1 Å². The lowest BCUT2D eigenvalue weighted by Crippen LogP contribution is -2.12. The van der Waals surface area contributed by atoms with Gasteiger partial charge in [0.1, 0.15) is 6.61 Å². The number of hydrogen-bond acceptors (Lipinski definition) is 6. The molecule has 0 spiro atoms. The van der Waals surface area contributed by atoms with Gasteiger partial charge in [-0.15, -0.1) is 10.2 Å². The summed E-state index contributed by atoms with van der Waals surface area (Å²) in [5, 5.41) is 12.2. The number of para-hydroxylation sites is 1. The minimum Gasteiger partial charge on any atom is -0.489 e. The molecule has 140 valence electrons. The Hall–Kier alpha value is -3.29. The molecule has 0 N–H and O–H groups in total. The molecule has 8 heteroatoms. The van der Waals surface area contributed by atoms with Gasteiger partial charge in [-0.3, -0.25) is 0 Å². The van der Waals surface area contributed by atoms with Crippen LogP contribution in [0.3, 0.4) is 0 Å². The number of hydrogen-bond donors (Lipinski definition) is 0. The van der Waals surface area contributed by atoms with E-state index in [2.05, 4.69) is 15.4 Å². The van der Waals surface area contributed by atoms with Crippen LogP contribution in [0.5, 0.6) is 5.75 Å². The number of tetrazole rings is 1. The fraction of sp³-hybridized carbons (Fsp3) is 0.263. The molecule has 27 heavy (non-hydrogen) atoms. The van der Waals surface area contributed by atoms with E-state index in [1.165, 1.54) is 10.9 Å². The van der Waals surface area contributed by atoms with Gasteiger partial charge in [-0.2, -0.15) is 4.80 Å². The Morgan fingerprint density at radius 3 is 2.78 bits per heavy atom. The summed E-state index contributed by atoms with van der Waals surface area (Å²) in [4.78, 5) is 13.4. The summed E-state index contributed by atoms with van der Waals surface area (Å²) in [7, 11) is 0. The van der Waals surface area contributed by atoms with Gasteiger partial charge >= 0.3 is 5.97 Å². The maximum atomic E-state index is 13.5. The SMILES string of the molecule is CC(C)OC(=O)c1cccc(-c2nnn(CCOc3ccccc3F)n2)c1. The Morgan fingerprint density at radius 1 is 1.19 bits per heavy atom. The van der Waals surface area contributed by atoms with Gasteiger partial charge in [-0.1, -0.05) is 24.3 Å². The monoisotopic (exact) mass is 370 g/mol. The summed E-state index contributed by atoms with van der Waals surface area (Å²) in [5.74, 6) is -0.276. The lowest BCUT2D eigenvalue weighted by molar-refractivity contribution is 0.0378. The first kappa shape index (κ1) is 18.5. The standard InChI is InChI=1S/C19H19FN4O3/c1-13(2)27-19(25)15-7-5-6-14(12-15)18-21-23-24(22-18)10-11-26-17-9-4-3-8-16(17)20/h3-9,12-13H,10-11H2,1-2H3. The predicted octanol–water partition coefficient (Wildman–Crippen LogP) is 3.12. The third kappa shape index (κ3) is 4.87. The van der Waals surface area contributed by atoms with E-state index in [9.17, 15) is 9.18 Å². The Balaban J connectivity index is 1.63. The normalized spacial score (nSPS) is 10.8. The zero-order valence-electron chi connectivity index (χ0n) is 15.0. The van der Waals surface area contributed by atoms with Gasteiger partial charge in [0.05, 0.1) is 18.2 Å². The molecule has 2 aromatic carbocycles. The quantitative estimate of drug-likeness (QED) is 0.595. The number of halogens is 1. The minimum atomic E-state index is -0.421. The summed E-state index contributed by atoms with van der Waals surface area (Å²) in [6, 6.07) is 13.0. The molecule has 3 aromatic rings. The molecule has 0 aliphatic rings. The van der Waals surface area contributed by atoms with Crippen molar-refractivity contribution in [2.24, 2.45) is 0 Å². The van der Waals surface area contributed by atoms with Crippen LogP contribution in [0.4, 0.5) is 4.39 Å². The van der Waals surface area contributed by atoms with E-state index in [1.54, 1.807) is 56.3 Å². The van der Waals surface area contributed by atoms with E-state index >= 15 is 0 Å². The summed E-state index contributed by atoms with van der Waals surface area (Å²) in [6.45, 7) is 4.07. The first-order valence-electron chi connectivity index (χ1n) is 8.49. The number of carbonyl (C=O) groups is 1. The molecular weight excluding hydrogens is 351 g/mol. The van der Waals surface area contributed by atoms with Crippen molar-refractivity contribution in [3.05, 3.63) is 59.9 Å². The minimum absolute atomic E-state index is 0.175. The average Bonchev–Trinajstić information content (AvgIpc) is 3.12. The average molecular weight is 370 g/mol. The van der Waals surface area contributed by atoms with E-state index in [1.807, 2.05) is 0 Å². The van der Waals surface area contributed by atoms with Gasteiger partial charge in [0, 0.05) is 5.56 Å². The van der Waals surface area contributed by atoms with Crippen molar-refractivity contribution < 1.29 is 18.7 Å². The number of carbonyl (C=O) groups excluding carboxylic acids is 1. The van der Waals surface area contributed by atoms with Crippen LogP contribution in [0.15, 0.2) is 48.5 Å². The van der Waals surface area contributed by atoms with Crippen molar-refractivity contribution in [1.82, 2.24) is 20.2 Å². The van der Waals surface area contributed by atoms with Gasteiger partial charge < -0.3 is 9.47 Å². The molecule has 0 saturated carbocycles. The van der Waals surface area contributed by atoms with Crippen molar-refractivity contribution in [2.45, 2.75) is 26.5 Å². The molecule has 0 radical (unpaired) electrons. The molecule has 3 rings (SSSR count). The maximum absolute atomic E-state index is 13.5. The maximum Gasteiger partial charge on any atom is 0.338 e. The Labute approximate surface area is 155 Å². The summed E-state index contributed by atoms with van der Waals surface area (Å²) in [5.41, 5.74) is 1.06. The molecular formula is C19H19FN4O3. The number of nitrogens with zero attached hydrogens (tertiary/aromatic N) is 4. The predicted molar refractivity (Wildman–Crippen MR) is 95.7 cm³/mol. The molecule has 0 aliphatic heterocycles. The molecule has 0 atom stereocenters. The van der Waals surface area contributed by atoms with E-state index in [4.69, 9.17) is 9.47 Å². The van der Waals surface area contributed by atoms with Crippen molar-refractivity contribution in [3.8, 4) is 17.1 Å². The van der Waals surface area contributed by atoms with Gasteiger partial charge in [-0.25, -0.2) is 9.18 Å². The lowest BCUT2D eigenvalue weighted by Gasteiger charge is -2.08. The smallest absolute Gasteiger partial charge is 0.338 e. The number of benzene rings is 2. The Bertz CT molecular complexity index is 927. The lowest BCUT2D eigenvalue weighted by atomic mass is 10.1. The second-order valence-corrected chi connectivity index (χ2v) is 6.02. The molecule has 0 fully saturated rings. The first-order chi connectivity index (χ1) is 13.0. The third-order valence-corrected chi connectivity index (χ3v) is 3.54. The highest BCUT2D eigenvalue weighted by molar-refractivity contribution is 5.90. The van der Waals surface area contributed by atoms with Crippen LogP contribution in [0, 0.1) is 5.82 Å². The van der Waals surface area contributed by atoms with Crippen molar-refractivity contribution in [1.29, 1.82) is 0 Å². The van der Waals surface area contributed by atoms with Crippen LogP contribution in [0.1, 0.15) is 24.2 Å². The van der Waals surface area contributed by atoms with Gasteiger partial charge in [0.2, 0.25) is 5.82 Å². The molecule has 0 unspecified atom stereocenters. The second-order valence-electron chi connectivity index (χ2n) is 6.02. The number of rotatable bonds is 7. The highest BCUT2D eigenvalue weighted by atomic mass is 19.1. The highest BCUT2D eigenvalue weighted by Crippen LogP contribution is 2.17. The van der Waals surface area contributed by atoms with Crippen LogP contribution in [-0.4, -0.2) is 38.9 Å². The number of aromatic nitrogens is 4. The fourth-order valence-electron chi connectivity index (χ4n) is 2.32. The van der Waals surface area contributed by atoms with Crippen LogP contribution in [-0.2, 0) is 11.3 Å². The highest BCUT2D eigenvalue weighted by Gasteiger charge is 2.12. The zero-order chi connectivity index (χ0) is 19.2. The van der Waals surface area contributed by atoms with E-state index < -0.39 is 11.8 Å². The van der Waals surface area contributed by atoms with E-state index in [0.717, 1.165) is 0 Å². The number of ether oxygens (including phenoxy) is 2. The van der Waals surface area contributed by atoms with Gasteiger partial charge in [0.25, 0.3) is 0 Å². The zero-order valence-corrected chi connectivity index (χ0v) is 15.0.